The van der Waals surface area contributed by atoms with Crippen molar-refractivity contribution in [1.29, 1.82) is 0 Å². The lowest BCUT2D eigenvalue weighted by Crippen LogP contribution is -2.40. The van der Waals surface area contributed by atoms with E-state index in [0.29, 0.717) is 12.5 Å². The van der Waals surface area contributed by atoms with E-state index in [2.05, 4.69) is 31.2 Å². The first-order valence-electron chi connectivity index (χ1n) is 8.36. The minimum absolute atomic E-state index is 0.0482. The highest BCUT2D eigenvalue weighted by Gasteiger charge is 2.37. The van der Waals surface area contributed by atoms with Crippen LogP contribution in [-0.4, -0.2) is 37.0 Å². The summed E-state index contributed by atoms with van der Waals surface area (Å²) in [6.45, 7) is 5.15. The van der Waals surface area contributed by atoms with E-state index in [9.17, 15) is 4.79 Å². The average Bonchev–Trinajstić information content (AvgIpc) is 3.04. The molecule has 3 rings (SSSR count). The second kappa shape index (κ2) is 6.80. The molecule has 0 radical (unpaired) electrons. The quantitative estimate of drug-likeness (QED) is 0.932. The molecular formula is C18H26N2O2. The molecule has 2 aliphatic rings. The molecule has 0 aromatic heterocycles. The molecule has 0 aliphatic carbocycles. The summed E-state index contributed by atoms with van der Waals surface area (Å²) in [7, 11) is 0. The fourth-order valence-electron chi connectivity index (χ4n) is 3.58. The molecule has 1 aromatic rings. The van der Waals surface area contributed by atoms with Gasteiger partial charge in [-0.1, -0.05) is 29.8 Å². The molecule has 22 heavy (non-hydrogen) atoms. The van der Waals surface area contributed by atoms with E-state index in [1.54, 1.807) is 0 Å². The van der Waals surface area contributed by atoms with E-state index < -0.39 is 0 Å². The molecule has 2 aliphatic heterocycles. The Labute approximate surface area is 132 Å². The van der Waals surface area contributed by atoms with Gasteiger partial charge in [0.25, 0.3) is 0 Å². The van der Waals surface area contributed by atoms with Crippen molar-refractivity contribution in [2.45, 2.75) is 32.3 Å². The summed E-state index contributed by atoms with van der Waals surface area (Å²) in [6, 6.07) is 8.38. The second-order valence-corrected chi connectivity index (χ2v) is 6.63. The fourth-order valence-corrected chi connectivity index (χ4v) is 3.58. The molecule has 2 N–H and O–H groups in total. The van der Waals surface area contributed by atoms with Crippen molar-refractivity contribution in [3.8, 4) is 0 Å². The third-order valence-electron chi connectivity index (χ3n) is 4.98. The lowest BCUT2D eigenvalue weighted by Gasteiger charge is -2.34. The van der Waals surface area contributed by atoms with E-state index in [-0.39, 0.29) is 17.9 Å². The van der Waals surface area contributed by atoms with Crippen molar-refractivity contribution in [2.24, 2.45) is 17.6 Å². The Kier molecular flexibility index (Phi) is 4.79. The van der Waals surface area contributed by atoms with Crippen molar-refractivity contribution in [3.05, 3.63) is 35.4 Å². The number of nitrogens with zero attached hydrogens (tertiary/aromatic N) is 1. The van der Waals surface area contributed by atoms with Gasteiger partial charge in [0.1, 0.15) is 0 Å². The summed E-state index contributed by atoms with van der Waals surface area (Å²) in [5, 5.41) is 0. The van der Waals surface area contributed by atoms with E-state index in [0.717, 1.165) is 44.5 Å². The van der Waals surface area contributed by atoms with Gasteiger partial charge in [0.15, 0.2) is 0 Å². The van der Waals surface area contributed by atoms with Gasteiger partial charge in [0.2, 0.25) is 5.91 Å². The van der Waals surface area contributed by atoms with Gasteiger partial charge in [-0.05, 0) is 44.2 Å². The van der Waals surface area contributed by atoms with Crippen LogP contribution in [0, 0.1) is 18.8 Å². The Morgan fingerprint density at radius 2 is 2.09 bits per heavy atom. The minimum Gasteiger partial charge on any atom is -0.373 e. The Hall–Kier alpha value is -1.39. The highest BCUT2D eigenvalue weighted by Crippen LogP contribution is 2.36. The van der Waals surface area contributed by atoms with Gasteiger partial charge in [0.05, 0.1) is 12.0 Å². The molecule has 0 spiro atoms. The molecule has 1 amide bonds. The Balaban J connectivity index is 1.75. The molecule has 120 valence electrons. The van der Waals surface area contributed by atoms with Crippen LogP contribution in [0.3, 0.4) is 0 Å². The molecule has 3 atom stereocenters. The highest BCUT2D eigenvalue weighted by molar-refractivity contribution is 5.80. The zero-order chi connectivity index (χ0) is 15.5. The van der Waals surface area contributed by atoms with Gasteiger partial charge in [0, 0.05) is 19.7 Å². The van der Waals surface area contributed by atoms with Gasteiger partial charge < -0.3 is 15.4 Å². The predicted molar refractivity (Wildman–Crippen MR) is 86.3 cm³/mol. The number of nitrogens with two attached hydrogens (primary N) is 1. The number of hydrogen-bond donors (Lipinski definition) is 1. The van der Waals surface area contributed by atoms with Crippen molar-refractivity contribution in [2.75, 3.05) is 26.2 Å². The SMILES string of the molecule is Cc1ccc([C@@H]2OCCC[C@@H]2C(=O)N2CC[C@H](CN)C2)cc1. The molecule has 4 nitrogen and oxygen atoms in total. The van der Waals surface area contributed by atoms with Crippen LogP contribution in [0.15, 0.2) is 24.3 Å². The molecule has 0 bridgehead atoms. The molecule has 2 fully saturated rings. The molecule has 4 heteroatoms. The standard InChI is InChI=1S/C18H26N2O2/c1-13-4-6-15(7-5-13)17-16(3-2-10-22-17)18(21)20-9-8-14(11-19)12-20/h4-7,14,16-17H,2-3,8-12,19H2,1H3/t14-,16+,17+/m1/s1. The number of carbonyl (C=O) groups excluding carboxylic acids is 1. The van der Waals surface area contributed by atoms with E-state index in [1.165, 1.54) is 5.56 Å². The van der Waals surface area contributed by atoms with Crippen molar-refractivity contribution >= 4 is 5.91 Å². The maximum Gasteiger partial charge on any atom is 0.228 e. The number of ether oxygens (including phenoxy) is 1. The number of hydrogen-bond acceptors (Lipinski definition) is 3. The average molecular weight is 302 g/mol. The van der Waals surface area contributed by atoms with Gasteiger partial charge in [-0.2, -0.15) is 0 Å². The summed E-state index contributed by atoms with van der Waals surface area (Å²) in [5.74, 6) is 0.667. The van der Waals surface area contributed by atoms with Crippen LogP contribution in [0.5, 0.6) is 0 Å². The van der Waals surface area contributed by atoms with Crippen molar-refractivity contribution < 1.29 is 9.53 Å². The van der Waals surface area contributed by atoms with Gasteiger partial charge >= 0.3 is 0 Å². The number of benzene rings is 1. The van der Waals surface area contributed by atoms with Crippen molar-refractivity contribution in [3.63, 3.8) is 0 Å². The summed E-state index contributed by atoms with van der Waals surface area (Å²) in [5.41, 5.74) is 8.10. The molecule has 2 heterocycles. The van der Waals surface area contributed by atoms with Gasteiger partial charge in [-0.15, -0.1) is 0 Å². The summed E-state index contributed by atoms with van der Waals surface area (Å²) in [4.78, 5) is 14.9. The Morgan fingerprint density at radius 3 is 2.77 bits per heavy atom. The smallest absolute Gasteiger partial charge is 0.228 e. The predicted octanol–water partition coefficient (Wildman–Crippen LogP) is 2.27. The number of likely N-dealkylation sites (tertiary alicyclic amines) is 1. The van der Waals surface area contributed by atoms with Crippen molar-refractivity contribution in [1.82, 2.24) is 4.90 Å². The van der Waals surface area contributed by atoms with Gasteiger partial charge in [-0.3, -0.25) is 4.79 Å². The maximum atomic E-state index is 12.9. The van der Waals surface area contributed by atoms with E-state index >= 15 is 0 Å². The molecule has 0 saturated carbocycles. The van der Waals surface area contributed by atoms with E-state index in [4.69, 9.17) is 10.5 Å². The van der Waals surface area contributed by atoms with Crippen LogP contribution in [-0.2, 0) is 9.53 Å². The van der Waals surface area contributed by atoms with Crippen LogP contribution in [0.1, 0.15) is 36.5 Å². The van der Waals surface area contributed by atoms with E-state index in [1.807, 2.05) is 4.90 Å². The number of carbonyl (C=O) groups is 1. The Bertz CT molecular complexity index is 514. The van der Waals surface area contributed by atoms with Crippen LogP contribution >= 0.6 is 0 Å². The topological polar surface area (TPSA) is 55.6 Å². The largest absolute Gasteiger partial charge is 0.373 e. The lowest BCUT2D eigenvalue weighted by atomic mass is 9.88. The monoisotopic (exact) mass is 302 g/mol. The molecule has 2 saturated heterocycles. The summed E-state index contributed by atoms with van der Waals surface area (Å²) < 4.78 is 5.98. The van der Waals surface area contributed by atoms with Crippen LogP contribution in [0.25, 0.3) is 0 Å². The number of aryl methyl sites for hydroxylation is 1. The molecule has 1 aromatic carbocycles. The number of rotatable bonds is 3. The normalized spacial score (nSPS) is 28.8. The van der Waals surface area contributed by atoms with Crippen LogP contribution < -0.4 is 5.73 Å². The number of amides is 1. The second-order valence-electron chi connectivity index (χ2n) is 6.63. The van der Waals surface area contributed by atoms with Crippen LogP contribution in [0.4, 0.5) is 0 Å². The maximum absolute atomic E-state index is 12.9. The molecular weight excluding hydrogens is 276 g/mol. The third-order valence-corrected chi connectivity index (χ3v) is 4.98. The fraction of sp³-hybridized carbons (Fsp3) is 0.611. The van der Waals surface area contributed by atoms with Crippen LogP contribution in [0.2, 0.25) is 0 Å². The third kappa shape index (κ3) is 3.18. The molecule has 0 unspecified atom stereocenters. The first kappa shape index (κ1) is 15.5. The minimum atomic E-state index is -0.0984. The summed E-state index contributed by atoms with van der Waals surface area (Å²) >= 11 is 0. The van der Waals surface area contributed by atoms with Gasteiger partial charge in [-0.25, -0.2) is 0 Å². The Morgan fingerprint density at radius 1 is 1.32 bits per heavy atom. The zero-order valence-electron chi connectivity index (χ0n) is 13.3. The first-order chi connectivity index (χ1) is 10.7. The highest BCUT2D eigenvalue weighted by atomic mass is 16.5. The summed E-state index contributed by atoms with van der Waals surface area (Å²) in [6.07, 6.45) is 2.82. The zero-order valence-corrected chi connectivity index (χ0v) is 13.3. The first-order valence-corrected chi connectivity index (χ1v) is 8.36. The lowest BCUT2D eigenvalue weighted by molar-refractivity contribution is -0.144.